The van der Waals surface area contributed by atoms with E-state index < -0.39 is 0 Å². The standard InChI is InChI=1S/C22H27N5O3/c1-13(15-6-21(28)25-8-15)30-20-5-14(16(7-23)9-24-17-10-29-11-17)4-19-22(20)27(12-26-19)18-2-3-18/h4-5,7,9,12-13,15,17-18,23-24H,2-3,6,8,10-11H2,1H3,(H,25,28)/p+1/b16-9+,23-7?/t13-,15-/m1/s1. The molecule has 1 aromatic heterocycles. The zero-order valence-corrected chi connectivity index (χ0v) is 17.1. The minimum atomic E-state index is -0.101. The Morgan fingerprint density at radius 3 is 2.90 bits per heavy atom. The van der Waals surface area contributed by atoms with Gasteiger partial charge < -0.3 is 30.1 Å². The van der Waals surface area contributed by atoms with Gasteiger partial charge in [0.05, 0.1) is 17.4 Å². The van der Waals surface area contributed by atoms with E-state index in [9.17, 15) is 4.79 Å². The fraction of sp³-hybridized carbons (Fsp3) is 0.500. The third kappa shape index (κ3) is 3.73. The Kier molecular flexibility index (Phi) is 5.04. The first kappa shape index (κ1) is 19.3. The summed E-state index contributed by atoms with van der Waals surface area (Å²) >= 11 is 0. The molecule has 2 aliphatic heterocycles. The van der Waals surface area contributed by atoms with Crippen molar-refractivity contribution in [2.45, 2.75) is 44.4 Å². The second-order valence-electron chi connectivity index (χ2n) is 8.57. The van der Waals surface area contributed by atoms with Gasteiger partial charge in [-0.2, -0.15) is 0 Å². The normalized spacial score (nSPS) is 23.3. The molecule has 1 aromatic carbocycles. The molecule has 3 fully saturated rings. The van der Waals surface area contributed by atoms with E-state index in [-0.39, 0.29) is 17.9 Å². The third-order valence-corrected chi connectivity index (χ3v) is 6.26. The summed E-state index contributed by atoms with van der Waals surface area (Å²) in [4.78, 5) is 16.3. The quantitative estimate of drug-likeness (QED) is 0.569. The highest BCUT2D eigenvalue weighted by Crippen LogP contribution is 2.41. The number of rotatable bonds is 8. The number of carbonyl (C=O) groups excluding carboxylic acids is 1. The molecule has 30 heavy (non-hydrogen) atoms. The molecule has 5 rings (SSSR count). The first-order chi connectivity index (χ1) is 14.6. The van der Waals surface area contributed by atoms with Gasteiger partial charge >= 0.3 is 0 Å². The summed E-state index contributed by atoms with van der Waals surface area (Å²) in [7, 11) is 0. The monoisotopic (exact) mass is 410 g/mol. The van der Waals surface area contributed by atoms with Crippen LogP contribution >= 0.6 is 0 Å². The lowest BCUT2D eigenvalue weighted by Crippen LogP contribution is -2.90. The van der Waals surface area contributed by atoms with E-state index >= 15 is 0 Å². The van der Waals surface area contributed by atoms with Gasteiger partial charge in [0.15, 0.2) is 0 Å². The van der Waals surface area contributed by atoms with Gasteiger partial charge in [-0.15, -0.1) is 0 Å². The summed E-state index contributed by atoms with van der Waals surface area (Å²) in [6.07, 6.45) is 7.98. The van der Waals surface area contributed by atoms with Gasteiger partial charge in [0, 0.05) is 31.1 Å². The summed E-state index contributed by atoms with van der Waals surface area (Å²) in [6.45, 7) is 4.16. The molecule has 3 aliphatic rings. The highest BCUT2D eigenvalue weighted by atomic mass is 16.5. The number of carbonyl (C=O) groups is 1. The molecule has 0 radical (unpaired) electrons. The first-order valence-electron chi connectivity index (χ1n) is 10.7. The second kappa shape index (κ2) is 7.85. The van der Waals surface area contributed by atoms with Crippen molar-refractivity contribution in [2.75, 3.05) is 19.8 Å². The van der Waals surface area contributed by atoms with Gasteiger partial charge in [0.2, 0.25) is 5.91 Å². The van der Waals surface area contributed by atoms with Crippen LogP contribution in [0.5, 0.6) is 5.75 Å². The van der Waals surface area contributed by atoms with E-state index in [2.05, 4.69) is 20.2 Å². The maximum Gasteiger partial charge on any atom is 0.220 e. The van der Waals surface area contributed by atoms with E-state index in [4.69, 9.17) is 14.9 Å². The molecule has 0 unspecified atom stereocenters. The zero-order chi connectivity index (χ0) is 20.7. The summed E-state index contributed by atoms with van der Waals surface area (Å²) in [5, 5.41) is 12.9. The van der Waals surface area contributed by atoms with Crippen molar-refractivity contribution in [1.29, 1.82) is 5.41 Å². The van der Waals surface area contributed by atoms with Crippen molar-refractivity contribution < 1.29 is 19.6 Å². The van der Waals surface area contributed by atoms with Crippen molar-refractivity contribution in [3.8, 4) is 5.75 Å². The first-order valence-corrected chi connectivity index (χ1v) is 10.7. The molecule has 3 heterocycles. The smallest absolute Gasteiger partial charge is 0.220 e. The average Bonchev–Trinajstić information content (AvgIpc) is 3.30. The topological polar surface area (TPSA) is 106 Å². The largest absolute Gasteiger partial charge is 0.488 e. The van der Waals surface area contributed by atoms with Gasteiger partial charge in [-0.3, -0.25) is 4.79 Å². The summed E-state index contributed by atoms with van der Waals surface area (Å²) in [5.74, 6) is 1.01. The Hall–Kier alpha value is -2.71. The summed E-state index contributed by atoms with van der Waals surface area (Å²) < 4.78 is 13.9. The maximum absolute atomic E-state index is 11.6. The van der Waals surface area contributed by atoms with Crippen LogP contribution in [0.15, 0.2) is 24.7 Å². The van der Waals surface area contributed by atoms with E-state index in [0.29, 0.717) is 25.0 Å². The van der Waals surface area contributed by atoms with Crippen LogP contribution < -0.4 is 15.4 Å². The molecular formula is C22H28N5O3+. The van der Waals surface area contributed by atoms with Crippen molar-refractivity contribution in [2.24, 2.45) is 5.92 Å². The number of fused-ring (bicyclic) bond motifs is 1. The fourth-order valence-electron chi connectivity index (χ4n) is 4.11. The fourth-order valence-corrected chi connectivity index (χ4v) is 4.11. The number of allylic oxidation sites excluding steroid dienone is 1. The Labute approximate surface area is 175 Å². The van der Waals surface area contributed by atoms with Gasteiger partial charge in [-0.25, -0.2) is 4.98 Å². The molecule has 1 saturated carbocycles. The molecule has 0 spiro atoms. The Morgan fingerprint density at radius 2 is 2.27 bits per heavy atom. The van der Waals surface area contributed by atoms with E-state index in [1.54, 1.807) is 0 Å². The van der Waals surface area contributed by atoms with Gasteiger partial charge in [-0.05, 0) is 37.5 Å². The van der Waals surface area contributed by atoms with E-state index in [1.807, 2.05) is 31.6 Å². The lowest BCUT2D eigenvalue weighted by molar-refractivity contribution is -0.648. The van der Waals surface area contributed by atoms with E-state index in [0.717, 1.165) is 54.0 Å². The van der Waals surface area contributed by atoms with Crippen LogP contribution in [0.1, 0.15) is 37.8 Å². The van der Waals surface area contributed by atoms with Crippen molar-refractivity contribution in [3.63, 3.8) is 0 Å². The molecule has 4 N–H and O–H groups in total. The Bertz CT molecular complexity index is 1010. The molecule has 1 amide bonds. The molecule has 158 valence electrons. The van der Waals surface area contributed by atoms with Crippen molar-refractivity contribution in [3.05, 3.63) is 30.2 Å². The number of imidazole rings is 1. The number of nitrogens with zero attached hydrogens (tertiary/aromatic N) is 2. The average molecular weight is 410 g/mol. The Morgan fingerprint density at radius 1 is 1.43 bits per heavy atom. The number of aromatic nitrogens is 2. The van der Waals surface area contributed by atoms with Crippen LogP contribution in [0.2, 0.25) is 0 Å². The molecule has 2 atom stereocenters. The minimum Gasteiger partial charge on any atom is -0.488 e. The number of amides is 1. The maximum atomic E-state index is 11.6. The molecule has 0 bridgehead atoms. The number of hydrogen-bond donors (Lipinski definition) is 3. The molecule has 8 heteroatoms. The minimum absolute atomic E-state index is 0.0851. The van der Waals surface area contributed by atoms with Crippen LogP contribution in [-0.4, -0.2) is 53.6 Å². The van der Waals surface area contributed by atoms with Crippen LogP contribution in [0, 0.1) is 11.3 Å². The number of ether oxygens (including phenoxy) is 2. The predicted octanol–water partition coefficient (Wildman–Crippen LogP) is 1.23. The summed E-state index contributed by atoms with van der Waals surface area (Å²) in [5.41, 5.74) is 3.62. The predicted molar refractivity (Wildman–Crippen MR) is 113 cm³/mol. The van der Waals surface area contributed by atoms with Gasteiger partial charge in [-0.1, -0.05) is 0 Å². The third-order valence-electron chi connectivity index (χ3n) is 6.26. The van der Waals surface area contributed by atoms with Crippen molar-refractivity contribution >= 4 is 28.7 Å². The Balaban J connectivity index is 1.49. The molecule has 2 saturated heterocycles. The summed E-state index contributed by atoms with van der Waals surface area (Å²) in [6, 6.07) is 4.96. The molecule has 1 aliphatic carbocycles. The SMILES string of the molecule is C[C@@H](Oc1cc(/C(C=N)=C/[NH2+]C2COC2)cc2ncn(C3CC3)c12)[C@H]1CNC(=O)C1. The second-order valence-corrected chi connectivity index (χ2v) is 8.57. The molecular weight excluding hydrogens is 382 g/mol. The highest BCUT2D eigenvalue weighted by molar-refractivity contribution is 6.09. The van der Waals surface area contributed by atoms with Gasteiger partial charge in [0.25, 0.3) is 0 Å². The lowest BCUT2D eigenvalue weighted by atomic mass is 10.0. The van der Waals surface area contributed by atoms with Crippen LogP contribution in [-0.2, 0) is 9.53 Å². The lowest BCUT2D eigenvalue weighted by Gasteiger charge is -2.22. The number of hydrogen-bond acceptors (Lipinski definition) is 5. The van der Waals surface area contributed by atoms with Crippen molar-refractivity contribution in [1.82, 2.24) is 14.9 Å². The zero-order valence-electron chi connectivity index (χ0n) is 17.1. The molecule has 2 aromatic rings. The number of benzene rings is 1. The number of nitrogens with two attached hydrogens (primary N) is 1. The van der Waals surface area contributed by atoms with Crippen LogP contribution in [0.4, 0.5) is 0 Å². The van der Waals surface area contributed by atoms with Crippen LogP contribution in [0.3, 0.4) is 0 Å². The van der Waals surface area contributed by atoms with Crippen LogP contribution in [0.25, 0.3) is 16.6 Å². The van der Waals surface area contributed by atoms with Gasteiger partial charge in [0.1, 0.15) is 42.8 Å². The number of quaternary nitrogens is 1. The number of nitrogens with one attached hydrogen (secondary N) is 2. The highest BCUT2D eigenvalue weighted by Gasteiger charge is 2.31. The molecule has 8 nitrogen and oxygen atoms in total. The van der Waals surface area contributed by atoms with E-state index in [1.165, 1.54) is 6.21 Å².